The second-order valence-electron chi connectivity index (χ2n) is 8.10. The number of aryl methyl sites for hydroxylation is 1. The van der Waals surface area contributed by atoms with E-state index in [1.165, 1.54) is 0 Å². The van der Waals surface area contributed by atoms with Gasteiger partial charge < -0.3 is 15.0 Å². The first-order valence-electron chi connectivity index (χ1n) is 10.9. The molecule has 0 bridgehead atoms. The quantitative estimate of drug-likeness (QED) is 0.617. The number of nitrogens with zero attached hydrogens (tertiary/aromatic N) is 3. The molecular weight excluding hydrogens is 404 g/mol. The third kappa shape index (κ3) is 4.89. The van der Waals surface area contributed by atoms with Gasteiger partial charge in [0.2, 0.25) is 5.91 Å². The summed E-state index contributed by atoms with van der Waals surface area (Å²) < 4.78 is 7.50. The highest BCUT2D eigenvalue weighted by molar-refractivity contribution is 5.99. The maximum atomic E-state index is 13.5. The lowest BCUT2D eigenvalue weighted by atomic mass is 10.1. The molecule has 2 aromatic carbocycles. The van der Waals surface area contributed by atoms with Crippen LogP contribution in [0.25, 0.3) is 5.69 Å². The maximum Gasteiger partial charge on any atom is 0.273 e. The Labute approximate surface area is 188 Å². The van der Waals surface area contributed by atoms with Crippen molar-refractivity contribution in [3.63, 3.8) is 0 Å². The lowest BCUT2D eigenvalue weighted by molar-refractivity contribution is -0.117. The Morgan fingerprint density at radius 1 is 1.16 bits per heavy atom. The number of benzene rings is 2. The number of aromatic nitrogens is 2. The second-order valence-corrected chi connectivity index (χ2v) is 8.10. The van der Waals surface area contributed by atoms with E-state index in [0.717, 1.165) is 35.3 Å². The zero-order valence-corrected chi connectivity index (χ0v) is 18.5. The van der Waals surface area contributed by atoms with Crippen molar-refractivity contribution >= 4 is 17.5 Å². The highest BCUT2D eigenvalue weighted by atomic mass is 16.5. The smallest absolute Gasteiger partial charge is 0.273 e. The Kier molecular flexibility index (Phi) is 6.66. The van der Waals surface area contributed by atoms with Crippen LogP contribution in [0.3, 0.4) is 0 Å². The van der Waals surface area contributed by atoms with Crippen molar-refractivity contribution in [3.05, 3.63) is 77.9 Å². The van der Waals surface area contributed by atoms with Crippen molar-refractivity contribution < 1.29 is 14.3 Å². The molecule has 1 saturated heterocycles. The SMILES string of the molecule is Cc1cccc(NC(=O)CN(C[C@H]2CCCO2)C(=O)c2cncn2-c2ccccc2)c1C. The number of nitrogens with one attached hydrogen (secondary N) is 1. The minimum atomic E-state index is -0.252. The second kappa shape index (κ2) is 9.78. The predicted octanol–water partition coefficient (Wildman–Crippen LogP) is 3.75. The molecule has 7 heteroatoms. The molecule has 0 aliphatic carbocycles. The van der Waals surface area contributed by atoms with E-state index < -0.39 is 0 Å². The van der Waals surface area contributed by atoms with Gasteiger partial charge in [0.05, 0.1) is 18.6 Å². The molecule has 1 N–H and O–H groups in total. The average Bonchev–Trinajstić information content (AvgIpc) is 3.49. The number of imidazole rings is 1. The van der Waals surface area contributed by atoms with Crippen LogP contribution in [0, 0.1) is 13.8 Å². The molecule has 1 fully saturated rings. The van der Waals surface area contributed by atoms with E-state index in [1.807, 2.05) is 62.4 Å². The minimum absolute atomic E-state index is 0.0634. The number of hydrogen-bond acceptors (Lipinski definition) is 4. The molecule has 7 nitrogen and oxygen atoms in total. The summed E-state index contributed by atoms with van der Waals surface area (Å²) >= 11 is 0. The van der Waals surface area contributed by atoms with E-state index in [2.05, 4.69) is 10.3 Å². The highest BCUT2D eigenvalue weighted by Gasteiger charge is 2.27. The molecule has 166 valence electrons. The van der Waals surface area contributed by atoms with Crippen LogP contribution < -0.4 is 5.32 Å². The Balaban J connectivity index is 1.55. The number of amides is 2. The molecule has 0 saturated carbocycles. The van der Waals surface area contributed by atoms with Crippen molar-refractivity contribution in [1.29, 1.82) is 0 Å². The van der Waals surface area contributed by atoms with Gasteiger partial charge in [-0.15, -0.1) is 0 Å². The fourth-order valence-corrected chi connectivity index (χ4v) is 3.91. The molecule has 2 amide bonds. The largest absolute Gasteiger partial charge is 0.376 e. The third-order valence-corrected chi connectivity index (χ3v) is 5.84. The molecule has 32 heavy (non-hydrogen) atoms. The molecule has 4 rings (SSSR count). The van der Waals surface area contributed by atoms with Crippen LogP contribution in [-0.2, 0) is 9.53 Å². The van der Waals surface area contributed by atoms with Gasteiger partial charge in [-0.1, -0.05) is 30.3 Å². The number of carbonyl (C=O) groups excluding carboxylic acids is 2. The molecule has 1 atom stereocenters. The number of rotatable bonds is 7. The summed E-state index contributed by atoms with van der Waals surface area (Å²) in [5, 5.41) is 2.96. The molecule has 0 spiro atoms. The van der Waals surface area contributed by atoms with Crippen LogP contribution in [-0.4, -0.2) is 52.1 Å². The summed E-state index contributed by atoms with van der Waals surface area (Å²) in [7, 11) is 0. The number of para-hydroxylation sites is 1. The number of ether oxygens (including phenoxy) is 1. The van der Waals surface area contributed by atoms with E-state index in [4.69, 9.17) is 4.74 Å². The van der Waals surface area contributed by atoms with Crippen LogP contribution in [0.5, 0.6) is 0 Å². The summed E-state index contributed by atoms with van der Waals surface area (Å²) in [4.78, 5) is 32.2. The van der Waals surface area contributed by atoms with Crippen molar-refractivity contribution in [2.24, 2.45) is 0 Å². The first-order valence-corrected chi connectivity index (χ1v) is 10.9. The van der Waals surface area contributed by atoms with E-state index in [9.17, 15) is 9.59 Å². The molecular formula is C25H28N4O3. The van der Waals surface area contributed by atoms with Crippen LogP contribution >= 0.6 is 0 Å². The zero-order valence-electron chi connectivity index (χ0n) is 18.5. The maximum absolute atomic E-state index is 13.5. The third-order valence-electron chi connectivity index (χ3n) is 5.84. The molecule has 1 aliphatic heterocycles. The van der Waals surface area contributed by atoms with Gasteiger partial charge in [-0.2, -0.15) is 0 Å². The summed E-state index contributed by atoms with van der Waals surface area (Å²) in [6, 6.07) is 15.3. The van der Waals surface area contributed by atoms with Crippen LogP contribution in [0.2, 0.25) is 0 Å². The number of hydrogen-bond donors (Lipinski definition) is 1. The van der Waals surface area contributed by atoms with Gasteiger partial charge >= 0.3 is 0 Å². The molecule has 0 unspecified atom stereocenters. The summed E-state index contributed by atoms with van der Waals surface area (Å²) in [5.74, 6) is -0.492. The van der Waals surface area contributed by atoms with E-state index in [1.54, 1.807) is 22.0 Å². The predicted molar refractivity (Wildman–Crippen MR) is 123 cm³/mol. The van der Waals surface area contributed by atoms with Crippen molar-refractivity contribution in [3.8, 4) is 5.69 Å². The molecule has 1 aliphatic rings. The van der Waals surface area contributed by atoms with Crippen LogP contribution in [0.4, 0.5) is 5.69 Å². The zero-order chi connectivity index (χ0) is 22.5. The van der Waals surface area contributed by atoms with Gasteiger partial charge in [0, 0.05) is 24.5 Å². The summed E-state index contributed by atoms with van der Waals surface area (Å²) in [6.07, 6.45) is 4.92. The van der Waals surface area contributed by atoms with Crippen molar-refractivity contribution in [1.82, 2.24) is 14.5 Å². The first-order chi connectivity index (χ1) is 15.5. The Hall–Kier alpha value is -3.45. The highest BCUT2D eigenvalue weighted by Crippen LogP contribution is 2.20. The van der Waals surface area contributed by atoms with Crippen molar-refractivity contribution in [2.75, 3.05) is 25.0 Å². The topological polar surface area (TPSA) is 76.5 Å². The number of carbonyl (C=O) groups is 2. The monoisotopic (exact) mass is 432 g/mol. The molecule has 0 radical (unpaired) electrons. The Morgan fingerprint density at radius 2 is 1.97 bits per heavy atom. The van der Waals surface area contributed by atoms with Gasteiger partial charge in [0.25, 0.3) is 5.91 Å². The fraction of sp³-hybridized carbons (Fsp3) is 0.320. The minimum Gasteiger partial charge on any atom is -0.376 e. The Bertz CT molecular complexity index is 1090. The standard InChI is InChI=1S/C25H28N4O3/c1-18-8-6-12-22(19(18)2)27-24(30)16-28(15-21-11-7-13-32-21)25(31)23-14-26-17-29(23)20-9-4-3-5-10-20/h3-6,8-10,12,14,17,21H,7,11,13,15-16H2,1-2H3,(H,27,30)/t21-/m1/s1. The van der Waals surface area contributed by atoms with Crippen LogP contribution in [0.15, 0.2) is 61.1 Å². The number of anilines is 1. The van der Waals surface area contributed by atoms with Gasteiger partial charge in [-0.25, -0.2) is 4.98 Å². The van der Waals surface area contributed by atoms with E-state index >= 15 is 0 Å². The molecule has 1 aromatic heterocycles. The van der Waals surface area contributed by atoms with Crippen LogP contribution in [0.1, 0.15) is 34.5 Å². The normalized spacial score (nSPS) is 15.5. The summed E-state index contributed by atoms with van der Waals surface area (Å²) in [6.45, 7) is 4.95. The Morgan fingerprint density at radius 3 is 2.72 bits per heavy atom. The van der Waals surface area contributed by atoms with Gasteiger partial charge in [0.15, 0.2) is 0 Å². The van der Waals surface area contributed by atoms with Gasteiger partial charge in [-0.3, -0.25) is 14.2 Å². The van der Waals surface area contributed by atoms with E-state index in [0.29, 0.717) is 18.8 Å². The lowest BCUT2D eigenvalue weighted by Crippen LogP contribution is -2.43. The van der Waals surface area contributed by atoms with Crippen molar-refractivity contribution in [2.45, 2.75) is 32.8 Å². The van der Waals surface area contributed by atoms with Gasteiger partial charge in [-0.05, 0) is 56.0 Å². The lowest BCUT2D eigenvalue weighted by Gasteiger charge is -2.25. The van der Waals surface area contributed by atoms with E-state index in [-0.39, 0.29) is 24.5 Å². The molecule has 2 heterocycles. The average molecular weight is 433 g/mol. The first kappa shape index (κ1) is 21.8. The molecule has 3 aromatic rings. The fourth-order valence-electron chi connectivity index (χ4n) is 3.91. The summed E-state index contributed by atoms with van der Waals surface area (Å²) in [5.41, 5.74) is 4.12. The van der Waals surface area contributed by atoms with Gasteiger partial charge in [0.1, 0.15) is 12.2 Å².